The summed E-state index contributed by atoms with van der Waals surface area (Å²) < 4.78 is 0. The first kappa shape index (κ1) is 12.5. The first-order chi connectivity index (χ1) is 10.9. The van der Waals surface area contributed by atoms with Crippen LogP contribution in [0, 0.1) is 0 Å². The number of pyridine rings is 3. The zero-order valence-corrected chi connectivity index (χ0v) is 11.7. The minimum Gasteiger partial charge on any atom is -0.354 e. The Morgan fingerprint density at radius 3 is 2.55 bits per heavy atom. The standard InChI is InChI=1S/C17H13N5/c1-3-12(10-18-6-1)16-9-14-15(22-16)5-8-20-17(14)21-13-4-2-7-19-11-13/h1-11,22H,(H,20,21). The Labute approximate surface area is 127 Å². The number of nitrogens with one attached hydrogen (secondary N) is 2. The van der Waals surface area contributed by atoms with Crippen molar-refractivity contribution in [2.75, 3.05) is 5.32 Å². The second kappa shape index (κ2) is 5.29. The average Bonchev–Trinajstić information content (AvgIpc) is 3.02. The molecule has 4 aromatic rings. The van der Waals surface area contributed by atoms with Gasteiger partial charge in [0.25, 0.3) is 0 Å². The zero-order valence-electron chi connectivity index (χ0n) is 11.7. The van der Waals surface area contributed by atoms with Gasteiger partial charge in [0.1, 0.15) is 5.82 Å². The van der Waals surface area contributed by atoms with Gasteiger partial charge in [0.15, 0.2) is 0 Å². The van der Waals surface area contributed by atoms with Crippen molar-refractivity contribution < 1.29 is 0 Å². The van der Waals surface area contributed by atoms with Gasteiger partial charge in [0, 0.05) is 41.4 Å². The summed E-state index contributed by atoms with van der Waals surface area (Å²) in [6.45, 7) is 0. The fraction of sp³-hybridized carbons (Fsp3) is 0. The highest BCUT2D eigenvalue weighted by Crippen LogP contribution is 2.28. The van der Waals surface area contributed by atoms with Crippen LogP contribution in [0.5, 0.6) is 0 Å². The van der Waals surface area contributed by atoms with Crippen LogP contribution in [0.25, 0.3) is 22.2 Å². The van der Waals surface area contributed by atoms with Crippen LogP contribution in [0.1, 0.15) is 0 Å². The normalized spacial score (nSPS) is 10.7. The third-order valence-electron chi connectivity index (χ3n) is 3.44. The van der Waals surface area contributed by atoms with Crippen molar-refractivity contribution in [1.82, 2.24) is 19.9 Å². The molecule has 0 fully saturated rings. The van der Waals surface area contributed by atoms with E-state index >= 15 is 0 Å². The number of rotatable bonds is 3. The number of fused-ring (bicyclic) bond motifs is 1. The van der Waals surface area contributed by atoms with Crippen molar-refractivity contribution >= 4 is 22.4 Å². The quantitative estimate of drug-likeness (QED) is 0.602. The SMILES string of the molecule is c1cncc(Nc2nccc3[nH]c(-c4cccnc4)cc23)c1. The van der Waals surface area contributed by atoms with Crippen molar-refractivity contribution in [3.05, 3.63) is 67.4 Å². The van der Waals surface area contributed by atoms with Gasteiger partial charge in [-0.3, -0.25) is 9.97 Å². The van der Waals surface area contributed by atoms with Crippen molar-refractivity contribution in [2.24, 2.45) is 0 Å². The number of aromatic amines is 1. The number of anilines is 2. The van der Waals surface area contributed by atoms with Crippen LogP contribution in [-0.4, -0.2) is 19.9 Å². The lowest BCUT2D eigenvalue weighted by Crippen LogP contribution is -1.93. The van der Waals surface area contributed by atoms with E-state index in [4.69, 9.17) is 0 Å². The van der Waals surface area contributed by atoms with Crippen LogP contribution < -0.4 is 5.32 Å². The summed E-state index contributed by atoms with van der Waals surface area (Å²) in [5, 5.41) is 4.34. The van der Waals surface area contributed by atoms with E-state index in [0.717, 1.165) is 33.7 Å². The molecule has 4 heterocycles. The van der Waals surface area contributed by atoms with Crippen LogP contribution in [0.15, 0.2) is 67.4 Å². The Bertz CT molecular complexity index is 900. The highest BCUT2D eigenvalue weighted by molar-refractivity contribution is 5.95. The van der Waals surface area contributed by atoms with Crippen LogP contribution in [-0.2, 0) is 0 Å². The molecule has 5 heteroatoms. The Kier molecular flexibility index (Phi) is 3.01. The fourth-order valence-electron chi connectivity index (χ4n) is 2.40. The Balaban J connectivity index is 1.78. The molecule has 0 aromatic carbocycles. The molecule has 106 valence electrons. The van der Waals surface area contributed by atoms with Crippen molar-refractivity contribution in [3.63, 3.8) is 0 Å². The van der Waals surface area contributed by atoms with E-state index in [0.29, 0.717) is 0 Å². The van der Waals surface area contributed by atoms with Gasteiger partial charge in [-0.15, -0.1) is 0 Å². The van der Waals surface area contributed by atoms with E-state index in [1.54, 1.807) is 24.8 Å². The highest BCUT2D eigenvalue weighted by atomic mass is 15.0. The van der Waals surface area contributed by atoms with E-state index < -0.39 is 0 Å². The molecule has 0 bridgehead atoms. The molecular weight excluding hydrogens is 274 g/mol. The Hall–Kier alpha value is -3.21. The molecule has 0 aliphatic rings. The topological polar surface area (TPSA) is 66.5 Å². The summed E-state index contributed by atoms with van der Waals surface area (Å²) in [4.78, 5) is 16.1. The van der Waals surface area contributed by atoms with Gasteiger partial charge in [0.2, 0.25) is 0 Å². The first-order valence-corrected chi connectivity index (χ1v) is 6.95. The second-order valence-corrected chi connectivity index (χ2v) is 4.91. The largest absolute Gasteiger partial charge is 0.354 e. The molecular formula is C17H13N5. The number of aromatic nitrogens is 4. The van der Waals surface area contributed by atoms with Crippen molar-refractivity contribution in [1.29, 1.82) is 0 Å². The maximum Gasteiger partial charge on any atom is 0.139 e. The van der Waals surface area contributed by atoms with E-state index in [1.807, 2.05) is 36.5 Å². The predicted octanol–water partition coefficient (Wildman–Crippen LogP) is 3.76. The third-order valence-corrected chi connectivity index (χ3v) is 3.44. The molecule has 0 atom stereocenters. The molecule has 22 heavy (non-hydrogen) atoms. The van der Waals surface area contributed by atoms with E-state index in [2.05, 4.69) is 31.3 Å². The predicted molar refractivity (Wildman–Crippen MR) is 86.8 cm³/mol. The lowest BCUT2D eigenvalue weighted by atomic mass is 10.2. The molecule has 4 rings (SSSR count). The summed E-state index contributed by atoms with van der Waals surface area (Å²) in [7, 11) is 0. The molecule has 4 aromatic heterocycles. The van der Waals surface area contributed by atoms with E-state index in [9.17, 15) is 0 Å². The smallest absolute Gasteiger partial charge is 0.139 e. The molecule has 2 N–H and O–H groups in total. The summed E-state index contributed by atoms with van der Waals surface area (Å²) in [5.74, 6) is 0.803. The molecule has 0 amide bonds. The Morgan fingerprint density at radius 2 is 1.77 bits per heavy atom. The number of nitrogens with zero attached hydrogens (tertiary/aromatic N) is 3. The van der Waals surface area contributed by atoms with Crippen LogP contribution in [0.3, 0.4) is 0 Å². The third kappa shape index (κ3) is 2.29. The second-order valence-electron chi connectivity index (χ2n) is 4.91. The Morgan fingerprint density at radius 1 is 0.909 bits per heavy atom. The molecule has 5 nitrogen and oxygen atoms in total. The average molecular weight is 287 g/mol. The molecule has 0 aliphatic heterocycles. The monoisotopic (exact) mass is 287 g/mol. The zero-order chi connectivity index (χ0) is 14.8. The van der Waals surface area contributed by atoms with Crippen LogP contribution in [0.4, 0.5) is 11.5 Å². The van der Waals surface area contributed by atoms with Gasteiger partial charge in [0.05, 0.1) is 17.4 Å². The first-order valence-electron chi connectivity index (χ1n) is 6.95. The molecule has 0 spiro atoms. The maximum absolute atomic E-state index is 4.43. The van der Waals surface area contributed by atoms with Crippen molar-refractivity contribution in [3.8, 4) is 11.3 Å². The molecule has 0 radical (unpaired) electrons. The van der Waals surface area contributed by atoms with Gasteiger partial charge in [-0.1, -0.05) is 0 Å². The van der Waals surface area contributed by atoms with E-state index in [1.165, 1.54) is 0 Å². The highest BCUT2D eigenvalue weighted by Gasteiger charge is 2.08. The lowest BCUT2D eigenvalue weighted by Gasteiger charge is -2.05. The maximum atomic E-state index is 4.43. The molecule has 0 unspecified atom stereocenters. The summed E-state index contributed by atoms with van der Waals surface area (Å²) >= 11 is 0. The van der Waals surface area contributed by atoms with E-state index in [-0.39, 0.29) is 0 Å². The van der Waals surface area contributed by atoms with Gasteiger partial charge in [-0.2, -0.15) is 0 Å². The van der Waals surface area contributed by atoms with Gasteiger partial charge in [-0.05, 0) is 36.4 Å². The van der Waals surface area contributed by atoms with Gasteiger partial charge >= 0.3 is 0 Å². The molecule has 0 aliphatic carbocycles. The summed E-state index contributed by atoms with van der Waals surface area (Å²) in [6.07, 6.45) is 8.91. The number of H-pyrrole nitrogens is 1. The fourth-order valence-corrected chi connectivity index (χ4v) is 2.40. The number of hydrogen-bond donors (Lipinski definition) is 2. The lowest BCUT2D eigenvalue weighted by molar-refractivity contribution is 1.29. The van der Waals surface area contributed by atoms with Gasteiger partial charge in [-0.25, -0.2) is 4.98 Å². The van der Waals surface area contributed by atoms with Crippen LogP contribution >= 0.6 is 0 Å². The summed E-state index contributed by atoms with van der Waals surface area (Å²) in [6, 6.07) is 11.8. The van der Waals surface area contributed by atoms with Crippen LogP contribution in [0.2, 0.25) is 0 Å². The number of hydrogen-bond acceptors (Lipinski definition) is 4. The molecule has 0 saturated heterocycles. The molecule has 0 saturated carbocycles. The summed E-state index contributed by atoms with van der Waals surface area (Å²) in [5.41, 5.74) is 4.00. The van der Waals surface area contributed by atoms with Crippen molar-refractivity contribution in [2.45, 2.75) is 0 Å². The minimum atomic E-state index is 0.803. The van der Waals surface area contributed by atoms with Gasteiger partial charge < -0.3 is 10.3 Å². The minimum absolute atomic E-state index is 0.803.